The van der Waals surface area contributed by atoms with Gasteiger partial charge < -0.3 is 76.1 Å². The Hall–Kier alpha value is -6.09. The maximum atomic E-state index is 14.5. The SMILES string of the molecule is CC(=O)N[C@@H](CCN)C(=O)C[C@H](C(=O)N[C@@H](CCN)C(=O)C[C@H]1CCNC(=O)[C@H]([C@@H](C)O)CC(=O)[C@H](CCN)NC(=O)[C@H](CCN)NC(=O)[C@H](CC(C)C)NC(=O)[C@@H](Cc2ccccc2)CC(=O)[C@H](CCN)NC1=O)[C@@H](C)O. The molecule has 1 aromatic rings. The van der Waals surface area contributed by atoms with Crippen LogP contribution in [0.2, 0.25) is 0 Å². The quantitative estimate of drug-likeness (QED) is 0.0452. The van der Waals surface area contributed by atoms with Gasteiger partial charge in [-0.1, -0.05) is 44.2 Å². The lowest BCUT2D eigenvalue weighted by atomic mass is 9.89. The maximum Gasteiger partial charge on any atom is 0.243 e. The van der Waals surface area contributed by atoms with E-state index in [4.69, 9.17) is 28.7 Å². The van der Waals surface area contributed by atoms with E-state index in [1.165, 1.54) is 20.8 Å². The Balaban J connectivity index is 2.74. The molecule has 1 fully saturated rings. The van der Waals surface area contributed by atoms with Crippen LogP contribution in [0.4, 0.5) is 0 Å². The summed E-state index contributed by atoms with van der Waals surface area (Å²) in [5, 5.41) is 39.9. The van der Waals surface area contributed by atoms with E-state index in [2.05, 4.69) is 37.2 Å². The number of ketones is 4. The summed E-state index contributed by atoms with van der Waals surface area (Å²) in [6, 6.07) is 1.17. The van der Waals surface area contributed by atoms with Gasteiger partial charge in [0.05, 0.1) is 48.2 Å². The van der Waals surface area contributed by atoms with Gasteiger partial charge in [0.1, 0.15) is 12.1 Å². The van der Waals surface area contributed by atoms with Crippen LogP contribution >= 0.6 is 0 Å². The van der Waals surface area contributed by atoms with Gasteiger partial charge in [0, 0.05) is 51.0 Å². The van der Waals surface area contributed by atoms with Crippen LogP contribution in [-0.2, 0) is 59.2 Å². The zero-order valence-corrected chi connectivity index (χ0v) is 45.9. The lowest BCUT2D eigenvalue weighted by Gasteiger charge is -2.28. The smallest absolute Gasteiger partial charge is 0.243 e. The molecule has 1 aromatic carbocycles. The molecule has 0 spiro atoms. The molecule has 78 heavy (non-hydrogen) atoms. The topological polar surface area (TPSA) is 443 Å². The fourth-order valence-electron chi connectivity index (χ4n) is 9.14. The number of hydrogen-bond donors (Lipinski definition) is 14. The molecule has 25 heteroatoms. The summed E-state index contributed by atoms with van der Waals surface area (Å²) >= 11 is 0. The number of amides is 7. The molecule has 1 aliphatic heterocycles. The van der Waals surface area contributed by atoms with Crippen molar-refractivity contribution in [3.8, 4) is 0 Å². The molecule has 7 amide bonds. The number of rotatable bonds is 25. The van der Waals surface area contributed by atoms with Gasteiger partial charge in [-0.2, -0.15) is 0 Å². The molecule has 438 valence electrons. The highest BCUT2D eigenvalue weighted by Crippen LogP contribution is 2.21. The third-order valence-electron chi connectivity index (χ3n) is 13.6. The first-order chi connectivity index (χ1) is 36.9. The van der Waals surface area contributed by atoms with Crippen molar-refractivity contribution in [2.75, 3.05) is 39.3 Å². The number of aliphatic hydroxyl groups excluding tert-OH is 2. The van der Waals surface area contributed by atoms with E-state index in [1.54, 1.807) is 30.3 Å². The highest BCUT2D eigenvalue weighted by molar-refractivity contribution is 5.99. The van der Waals surface area contributed by atoms with Gasteiger partial charge in [-0.15, -0.1) is 0 Å². The van der Waals surface area contributed by atoms with E-state index in [0.717, 1.165) is 0 Å². The summed E-state index contributed by atoms with van der Waals surface area (Å²) < 4.78 is 0. The minimum Gasteiger partial charge on any atom is -0.393 e. The maximum absolute atomic E-state index is 14.5. The monoisotopic (exact) mass is 1100 g/mol. The second kappa shape index (κ2) is 35.4. The molecule has 0 radical (unpaired) electrons. The molecular formula is C53H88N12O13. The van der Waals surface area contributed by atoms with E-state index in [0.29, 0.717) is 5.56 Å². The number of aliphatic hydroxyl groups is 2. The molecular weight excluding hydrogens is 1010 g/mol. The first-order valence-corrected chi connectivity index (χ1v) is 27.0. The normalized spacial score (nSPS) is 23.8. The van der Waals surface area contributed by atoms with Gasteiger partial charge in [-0.3, -0.25) is 52.7 Å². The average molecular weight is 1100 g/mol. The van der Waals surface area contributed by atoms with E-state index >= 15 is 0 Å². The first kappa shape index (κ1) is 68.0. The van der Waals surface area contributed by atoms with E-state index < -0.39 is 162 Å². The fourth-order valence-corrected chi connectivity index (χ4v) is 9.14. The van der Waals surface area contributed by atoms with Crippen LogP contribution in [0.1, 0.15) is 111 Å². The molecule has 25 nitrogen and oxygen atoms in total. The van der Waals surface area contributed by atoms with Crippen LogP contribution in [0.15, 0.2) is 30.3 Å². The Morgan fingerprint density at radius 2 is 1.12 bits per heavy atom. The fraction of sp³-hybridized carbons (Fsp3) is 0.679. The minimum absolute atomic E-state index is 0.0126. The number of nitrogens with one attached hydrogen (secondary N) is 7. The summed E-state index contributed by atoms with van der Waals surface area (Å²) in [5.41, 5.74) is 29.9. The Morgan fingerprint density at radius 1 is 0.615 bits per heavy atom. The molecule has 1 heterocycles. The van der Waals surface area contributed by atoms with Crippen molar-refractivity contribution in [2.45, 2.75) is 160 Å². The van der Waals surface area contributed by atoms with Crippen molar-refractivity contribution in [1.82, 2.24) is 37.2 Å². The standard InChI is InChI=1S/C53H88N12O13/c1-29(2)23-43-53(78)64-42(15-21-58)52(77)63-41(14-20-57)47(72)27-36(30(3)66)50(75)59-22-16-34(48(73)61-39(12-18-55)45(70)26-35(49(74)65-43)24-33-9-7-6-8-10-33)25-44(69)40(13-19-56)62-51(76)37(31(4)67)28-46(71)38(11-17-54)60-32(5)68/h6-10,29-31,34-43,66-67H,11-28,54-58H2,1-5H3,(H,59,75)(H,60,68)(H,61,73)(H,62,76)(H,63,77)(H,64,78)(H,65,74)/t30-,31-,34-,35+,36+,37+,38+,39+,40+,41+,42+,43+/m1/s1. The van der Waals surface area contributed by atoms with Crippen LogP contribution < -0.4 is 65.9 Å². The highest BCUT2D eigenvalue weighted by Gasteiger charge is 2.38. The number of carbonyl (C=O) groups is 11. The van der Waals surface area contributed by atoms with E-state index in [-0.39, 0.29) is 96.6 Å². The van der Waals surface area contributed by atoms with Gasteiger partial charge in [0.15, 0.2) is 23.1 Å². The van der Waals surface area contributed by atoms with Crippen LogP contribution in [0.25, 0.3) is 0 Å². The highest BCUT2D eigenvalue weighted by atomic mass is 16.3. The van der Waals surface area contributed by atoms with Crippen molar-refractivity contribution >= 4 is 64.5 Å². The summed E-state index contributed by atoms with van der Waals surface area (Å²) in [6.07, 6.45) is -5.69. The van der Waals surface area contributed by atoms with Gasteiger partial charge in [-0.25, -0.2) is 0 Å². The number of carbonyl (C=O) groups excluding carboxylic acids is 11. The van der Waals surface area contributed by atoms with Crippen molar-refractivity contribution in [3.05, 3.63) is 35.9 Å². The van der Waals surface area contributed by atoms with E-state index in [1.807, 2.05) is 13.8 Å². The summed E-state index contributed by atoms with van der Waals surface area (Å²) in [5.74, 6) is -13.5. The number of nitrogens with two attached hydrogens (primary N) is 5. The third-order valence-corrected chi connectivity index (χ3v) is 13.6. The average Bonchev–Trinajstić information content (AvgIpc) is 3.37. The Morgan fingerprint density at radius 3 is 1.64 bits per heavy atom. The predicted molar refractivity (Wildman–Crippen MR) is 289 cm³/mol. The van der Waals surface area contributed by atoms with Crippen LogP contribution in [0.3, 0.4) is 0 Å². The summed E-state index contributed by atoms with van der Waals surface area (Å²) in [6.45, 7) is 6.61. The number of Topliss-reactive ketones (excluding diaryl/α,β-unsaturated/α-hetero) is 4. The third kappa shape index (κ3) is 23.5. The number of benzene rings is 1. The van der Waals surface area contributed by atoms with Gasteiger partial charge >= 0.3 is 0 Å². The second-order valence-corrected chi connectivity index (χ2v) is 20.6. The zero-order chi connectivity index (χ0) is 58.6. The molecule has 0 saturated carbocycles. The summed E-state index contributed by atoms with van der Waals surface area (Å²) in [7, 11) is 0. The van der Waals surface area contributed by atoms with Crippen molar-refractivity contribution in [2.24, 2.45) is 58.3 Å². The molecule has 12 atom stereocenters. The summed E-state index contributed by atoms with van der Waals surface area (Å²) in [4.78, 5) is 152. The molecule has 2 rings (SSSR count). The van der Waals surface area contributed by atoms with E-state index in [9.17, 15) is 63.0 Å². The van der Waals surface area contributed by atoms with Crippen LogP contribution in [0.5, 0.6) is 0 Å². The lowest BCUT2D eigenvalue weighted by Crippen LogP contribution is -2.57. The van der Waals surface area contributed by atoms with Crippen molar-refractivity contribution in [1.29, 1.82) is 0 Å². The largest absolute Gasteiger partial charge is 0.393 e. The Labute approximate surface area is 456 Å². The van der Waals surface area contributed by atoms with Gasteiger partial charge in [0.25, 0.3) is 0 Å². The molecule has 0 aliphatic carbocycles. The first-order valence-electron chi connectivity index (χ1n) is 27.0. The Kier molecular flexibility index (Phi) is 30.9. The Bertz CT molecular complexity index is 2160. The van der Waals surface area contributed by atoms with Gasteiger partial charge in [0.2, 0.25) is 41.4 Å². The predicted octanol–water partition coefficient (Wildman–Crippen LogP) is -3.47. The molecule has 19 N–H and O–H groups in total. The minimum atomic E-state index is -1.43. The van der Waals surface area contributed by atoms with Crippen molar-refractivity contribution in [3.63, 3.8) is 0 Å². The molecule has 0 aromatic heterocycles. The molecule has 1 aliphatic rings. The molecule has 0 bridgehead atoms. The lowest BCUT2D eigenvalue weighted by molar-refractivity contribution is -0.137. The number of hydrogen-bond acceptors (Lipinski definition) is 18. The van der Waals surface area contributed by atoms with Crippen LogP contribution in [0, 0.1) is 29.6 Å². The molecule has 1 saturated heterocycles. The van der Waals surface area contributed by atoms with Gasteiger partial charge in [-0.05, 0) is 109 Å². The van der Waals surface area contributed by atoms with Crippen LogP contribution in [-0.4, -0.2) is 162 Å². The zero-order valence-electron chi connectivity index (χ0n) is 45.9. The second-order valence-electron chi connectivity index (χ2n) is 20.6. The van der Waals surface area contributed by atoms with Crippen molar-refractivity contribution < 1.29 is 63.0 Å². The molecule has 0 unspecified atom stereocenters.